The van der Waals surface area contributed by atoms with E-state index in [1.165, 1.54) is 23.2 Å². The van der Waals surface area contributed by atoms with Gasteiger partial charge in [-0.25, -0.2) is 14.2 Å². The normalized spacial score (nSPS) is 13.1. The van der Waals surface area contributed by atoms with E-state index in [-0.39, 0.29) is 22.4 Å². The third kappa shape index (κ3) is 2.12. The van der Waals surface area contributed by atoms with Crippen molar-refractivity contribution in [1.82, 2.24) is 18.7 Å². The monoisotopic (exact) mass is 334 g/mol. The maximum Gasteiger partial charge on any atom is 0.332 e. The predicted molar refractivity (Wildman–Crippen MR) is 69.9 cm³/mol. The van der Waals surface area contributed by atoms with E-state index in [0.29, 0.717) is 0 Å². The van der Waals surface area contributed by atoms with Crippen molar-refractivity contribution in [3.63, 3.8) is 0 Å². The van der Waals surface area contributed by atoms with Crippen LogP contribution in [0.4, 0.5) is 4.39 Å². The molecule has 0 spiro atoms. The summed E-state index contributed by atoms with van der Waals surface area (Å²) < 4.78 is 16.2. The first-order valence-corrected chi connectivity index (χ1v) is 6.23. The van der Waals surface area contributed by atoms with Crippen LogP contribution in [0.15, 0.2) is 14.3 Å². The van der Waals surface area contributed by atoms with Crippen LogP contribution in [0.5, 0.6) is 0 Å². The Morgan fingerprint density at radius 1 is 1.37 bits per heavy atom. The molecule has 2 rings (SSSR count). The molecule has 2 aromatic heterocycles. The smallest absolute Gasteiger partial charge is 0.332 e. The highest BCUT2D eigenvalue weighted by molar-refractivity contribution is 9.10. The third-order valence-electron chi connectivity index (χ3n) is 2.87. The Balaban J connectivity index is 2.83. The number of aliphatic hydroxyl groups excluding tert-OH is 1. The quantitative estimate of drug-likeness (QED) is 0.769. The molecule has 7 nitrogen and oxygen atoms in total. The van der Waals surface area contributed by atoms with Crippen LogP contribution in [-0.2, 0) is 20.6 Å². The zero-order chi connectivity index (χ0) is 14.3. The zero-order valence-electron chi connectivity index (χ0n) is 10.3. The Morgan fingerprint density at radius 2 is 2.00 bits per heavy atom. The minimum absolute atomic E-state index is 0.124. The van der Waals surface area contributed by atoms with Gasteiger partial charge in [-0.05, 0) is 15.9 Å². The molecule has 0 radical (unpaired) electrons. The van der Waals surface area contributed by atoms with Crippen LogP contribution >= 0.6 is 15.9 Å². The van der Waals surface area contributed by atoms with Crippen molar-refractivity contribution in [2.24, 2.45) is 14.1 Å². The fourth-order valence-electron chi connectivity index (χ4n) is 1.85. The van der Waals surface area contributed by atoms with Crippen LogP contribution in [-0.4, -0.2) is 36.6 Å². The number of halogens is 2. The van der Waals surface area contributed by atoms with Crippen LogP contribution in [0.25, 0.3) is 11.2 Å². The first kappa shape index (κ1) is 13.9. The van der Waals surface area contributed by atoms with Crippen molar-refractivity contribution in [2.75, 3.05) is 6.67 Å². The van der Waals surface area contributed by atoms with Crippen molar-refractivity contribution >= 4 is 27.1 Å². The molecule has 104 valence electrons. The van der Waals surface area contributed by atoms with Crippen LogP contribution in [0.3, 0.4) is 0 Å². The van der Waals surface area contributed by atoms with Gasteiger partial charge in [-0.3, -0.25) is 13.9 Å². The van der Waals surface area contributed by atoms with Gasteiger partial charge in [0.2, 0.25) is 0 Å². The summed E-state index contributed by atoms with van der Waals surface area (Å²) in [6, 6.07) is 0. The second-order valence-electron chi connectivity index (χ2n) is 4.18. The number of hydrogen-bond acceptors (Lipinski definition) is 4. The van der Waals surface area contributed by atoms with Gasteiger partial charge in [0.15, 0.2) is 15.9 Å². The lowest BCUT2D eigenvalue weighted by atomic mass is 10.4. The molecule has 0 aliphatic carbocycles. The first-order chi connectivity index (χ1) is 8.88. The van der Waals surface area contributed by atoms with Crippen molar-refractivity contribution < 1.29 is 9.50 Å². The molecule has 0 saturated heterocycles. The third-order valence-corrected chi connectivity index (χ3v) is 3.48. The maximum atomic E-state index is 12.4. The molecule has 0 bridgehead atoms. The molecule has 0 fully saturated rings. The number of alkyl halides is 1. The van der Waals surface area contributed by atoms with Crippen molar-refractivity contribution in [3.8, 4) is 0 Å². The highest BCUT2D eigenvalue weighted by Crippen LogP contribution is 2.16. The Labute approximate surface area is 115 Å². The van der Waals surface area contributed by atoms with E-state index in [1.807, 2.05) is 0 Å². The number of rotatable bonds is 3. The van der Waals surface area contributed by atoms with Gasteiger partial charge < -0.3 is 9.67 Å². The van der Waals surface area contributed by atoms with E-state index < -0.39 is 24.0 Å². The van der Waals surface area contributed by atoms with Gasteiger partial charge in [0, 0.05) is 14.1 Å². The molecule has 1 atom stereocenters. The molecule has 19 heavy (non-hydrogen) atoms. The molecule has 0 aliphatic heterocycles. The van der Waals surface area contributed by atoms with Gasteiger partial charge in [-0.15, -0.1) is 0 Å². The van der Waals surface area contributed by atoms with Gasteiger partial charge in [-0.2, -0.15) is 0 Å². The molecular weight excluding hydrogens is 323 g/mol. The van der Waals surface area contributed by atoms with E-state index in [2.05, 4.69) is 20.9 Å². The topological polar surface area (TPSA) is 82.0 Å². The molecule has 9 heteroatoms. The summed E-state index contributed by atoms with van der Waals surface area (Å²) in [5.41, 5.74) is -0.710. The summed E-state index contributed by atoms with van der Waals surface area (Å²) in [5.74, 6) is 0. The van der Waals surface area contributed by atoms with E-state index in [1.54, 1.807) is 0 Å². The highest BCUT2D eigenvalue weighted by atomic mass is 79.9. The molecule has 0 aromatic carbocycles. The van der Waals surface area contributed by atoms with Gasteiger partial charge in [-0.1, -0.05) is 0 Å². The van der Waals surface area contributed by atoms with Crippen LogP contribution < -0.4 is 11.2 Å². The maximum absolute atomic E-state index is 12.4. The van der Waals surface area contributed by atoms with Crippen molar-refractivity contribution in [2.45, 2.75) is 12.6 Å². The Bertz CT molecular complexity index is 748. The average Bonchev–Trinajstić information content (AvgIpc) is 2.71. The molecular formula is C10H12BrFN4O3. The fourth-order valence-corrected chi connectivity index (χ4v) is 2.34. The Kier molecular flexibility index (Phi) is 3.59. The van der Waals surface area contributed by atoms with E-state index in [9.17, 15) is 19.1 Å². The molecule has 0 amide bonds. The van der Waals surface area contributed by atoms with Gasteiger partial charge in [0.1, 0.15) is 12.8 Å². The highest BCUT2D eigenvalue weighted by Gasteiger charge is 2.19. The summed E-state index contributed by atoms with van der Waals surface area (Å²) in [6.45, 7) is -1.06. The molecule has 0 unspecified atom stereocenters. The lowest BCUT2D eigenvalue weighted by molar-refractivity contribution is 0.122. The van der Waals surface area contributed by atoms with Gasteiger partial charge in [0.05, 0.1) is 6.54 Å². The zero-order valence-corrected chi connectivity index (χ0v) is 11.9. The minimum Gasteiger partial charge on any atom is -0.389 e. The number of aryl methyl sites for hydroxylation is 1. The summed E-state index contributed by atoms with van der Waals surface area (Å²) in [7, 11) is 2.83. The largest absolute Gasteiger partial charge is 0.389 e. The van der Waals surface area contributed by atoms with Crippen molar-refractivity contribution in [1.29, 1.82) is 0 Å². The summed E-state index contributed by atoms with van der Waals surface area (Å²) in [6.07, 6.45) is -1.24. The number of aromatic nitrogens is 4. The van der Waals surface area contributed by atoms with Crippen LogP contribution in [0.2, 0.25) is 0 Å². The second kappa shape index (κ2) is 4.89. The second-order valence-corrected chi connectivity index (χ2v) is 4.89. The van der Waals surface area contributed by atoms with Gasteiger partial charge in [0.25, 0.3) is 5.56 Å². The number of imidazole rings is 1. The number of hydrogen-bond donors (Lipinski definition) is 1. The van der Waals surface area contributed by atoms with E-state index >= 15 is 0 Å². The lowest BCUT2D eigenvalue weighted by Gasteiger charge is -2.09. The summed E-state index contributed by atoms with van der Waals surface area (Å²) in [5, 5.41) is 9.38. The van der Waals surface area contributed by atoms with E-state index in [4.69, 9.17) is 0 Å². The molecule has 2 heterocycles. The average molecular weight is 335 g/mol. The fraction of sp³-hybridized carbons (Fsp3) is 0.500. The van der Waals surface area contributed by atoms with Gasteiger partial charge >= 0.3 is 5.69 Å². The van der Waals surface area contributed by atoms with Crippen molar-refractivity contribution in [3.05, 3.63) is 25.6 Å². The summed E-state index contributed by atoms with van der Waals surface area (Å²) in [4.78, 5) is 27.9. The standard InChI is InChI=1S/C10H12BrFN4O3/c1-14-7-6(8(18)15(2)10(14)19)16(9(11)13-7)4-5(17)3-12/h5,17H,3-4H2,1-2H3/t5-/m1/s1. The number of aliphatic hydroxyl groups is 1. The SMILES string of the molecule is Cn1c(=O)c2c(nc(Br)n2C[C@H](O)CF)n(C)c1=O. The first-order valence-electron chi connectivity index (χ1n) is 5.44. The Morgan fingerprint density at radius 3 is 2.58 bits per heavy atom. The lowest BCUT2D eigenvalue weighted by Crippen LogP contribution is -2.37. The number of fused-ring (bicyclic) bond motifs is 1. The molecule has 2 aromatic rings. The molecule has 0 saturated carbocycles. The Hall–Kier alpha value is -1.48. The molecule has 0 aliphatic rings. The van der Waals surface area contributed by atoms with Crippen LogP contribution in [0.1, 0.15) is 0 Å². The van der Waals surface area contributed by atoms with E-state index in [0.717, 1.165) is 4.57 Å². The van der Waals surface area contributed by atoms with Crippen LogP contribution in [0, 0.1) is 0 Å². The summed E-state index contributed by atoms with van der Waals surface area (Å²) >= 11 is 3.14. The number of nitrogens with zero attached hydrogens (tertiary/aromatic N) is 4. The molecule has 1 N–H and O–H groups in total. The minimum atomic E-state index is -1.24. The predicted octanol–water partition coefficient (Wildman–Crippen LogP) is -0.473.